The summed E-state index contributed by atoms with van der Waals surface area (Å²) in [6.45, 7) is 0. The number of nitrogens with zero attached hydrogens (tertiary/aromatic N) is 2. The molecule has 8 heteroatoms. The van der Waals surface area contributed by atoms with Gasteiger partial charge in [-0.25, -0.2) is 9.97 Å². The minimum Gasteiger partial charge on any atom is -0.248 e. The van der Waals surface area contributed by atoms with Crippen LogP contribution in [0.4, 0.5) is 0 Å². The Morgan fingerprint density at radius 3 is 1.44 bits per heavy atom. The van der Waals surface area contributed by atoms with E-state index in [0.717, 1.165) is 43.0 Å². The van der Waals surface area contributed by atoms with Crippen LogP contribution >= 0.6 is 69.9 Å². The Balaban J connectivity index is 1.53. The molecule has 0 N–H and O–H groups in total. The normalized spacial score (nSPS) is 11.4. The molecular formula is C26H16Cl4N2S2. The topological polar surface area (TPSA) is 25.8 Å². The van der Waals surface area contributed by atoms with Gasteiger partial charge in [0.05, 0.1) is 32.5 Å². The maximum atomic E-state index is 6.39. The molecule has 170 valence electrons. The van der Waals surface area contributed by atoms with Crippen LogP contribution in [0.3, 0.4) is 0 Å². The lowest BCUT2D eigenvalue weighted by molar-refractivity contribution is 1.07. The summed E-state index contributed by atoms with van der Waals surface area (Å²) in [6.07, 6.45) is 0. The summed E-state index contributed by atoms with van der Waals surface area (Å²) in [5.74, 6) is 1.21. The number of halogens is 4. The molecule has 5 rings (SSSR count). The van der Waals surface area contributed by atoms with E-state index < -0.39 is 0 Å². The Kier molecular flexibility index (Phi) is 7.45. The van der Waals surface area contributed by atoms with Crippen molar-refractivity contribution in [2.24, 2.45) is 0 Å². The molecule has 0 amide bonds. The summed E-state index contributed by atoms with van der Waals surface area (Å²) < 4.78 is 0. The van der Waals surface area contributed by atoms with Gasteiger partial charge in [0.1, 0.15) is 0 Å². The highest BCUT2D eigenvalue weighted by molar-refractivity contribution is 7.99. The second kappa shape index (κ2) is 10.5. The van der Waals surface area contributed by atoms with E-state index in [9.17, 15) is 0 Å². The highest BCUT2D eigenvalue weighted by atomic mass is 35.5. The monoisotopic (exact) mass is 560 g/mol. The van der Waals surface area contributed by atoms with Gasteiger partial charge in [0.2, 0.25) is 0 Å². The van der Waals surface area contributed by atoms with Crippen LogP contribution in [0.2, 0.25) is 20.1 Å². The van der Waals surface area contributed by atoms with Crippen molar-refractivity contribution in [3.05, 3.63) is 104 Å². The number of benzene rings is 4. The summed E-state index contributed by atoms with van der Waals surface area (Å²) in [6, 6.07) is 23.3. The smallest absolute Gasteiger partial charge is 0.0897 e. The predicted molar refractivity (Wildman–Crippen MR) is 149 cm³/mol. The van der Waals surface area contributed by atoms with Crippen LogP contribution in [-0.2, 0) is 11.5 Å². The van der Waals surface area contributed by atoms with Gasteiger partial charge in [-0.3, -0.25) is 0 Å². The average Bonchev–Trinajstić information content (AvgIpc) is 2.83. The number of fused-ring (bicyclic) bond motifs is 2. The number of hydrogen-bond donors (Lipinski definition) is 0. The molecule has 1 heterocycles. The molecule has 0 saturated carbocycles. The van der Waals surface area contributed by atoms with Gasteiger partial charge in [-0.15, -0.1) is 23.5 Å². The summed E-state index contributed by atoms with van der Waals surface area (Å²) in [5.41, 5.74) is 3.52. The molecule has 0 unspecified atom stereocenters. The number of hydrogen-bond acceptors (Lipinski definition) is 4. The Morgan fingerprint density at radius 1 is 0.559 bits per heavy atom. The first-order valence-corrected chi connectivity index (χ1v) is 13.8. The minimum absolute atomic E-state index is 0.606. The van der Waals surface area contributed by atoms with E-state index in [1.165, 1.54) is 0 Å². The summed E-state index contributed by atoms with van der Waals surface area (Å²) >= 11 is 28.3. The molecule has 5 aromatic rings. The Morgan fingerprint density at radius 2 is 1.00 bits per heavy atom. The number of thioether (sulfide) groups is 2. The van der Waals surface area contributed by atoms with Crippen molar-refractivity contribution >= 4 is 91.7 Å². The molecule has 34 heavy (non-hydrogen) atoms. The third-order valence-corrected chi connectivity index (χ3v) is 8.69. The molecule has 0 radical (unpaired) electrons. The SMILES string of the molecule is Clc1ccc(Cl)c(SCc2nc3cc4ccccc4cc3nc2CSc2cc(Cl)ccc2Cl)c1. The molecule has 4 aromatic carbocycles. The van der Waals surface area contributed by atoms with Crippen molar-refractivity contribution in [3.63, 3.8) is 0 Å². The molecule has 2 nitrogen and oxygen atoms in total. The van der Waals surface area contributed by atoms with Crippen LogP contribution in [0, 0.1) is 0 Å². The van der Waals surface area contributed by atoms with Crippen molar-refractivity contribution in [1.82, 2.24) is 9.97 Å². The van der Waals surface area contributed by atoms with Gasteiger partial charge < -0.3 is 0 Å². The van der Waals surface area contributed by atoms with Gasteiger partial charge in [-0.05, 0) is 59.3 Å². The first kappa shape index (κ1) is 24.1. The molecular weight excluding hydrogens is 546 g/mol. The van der Waals surface area contributed by atoms with E-state index in [4.69, 9.17) is 56.4 Å². The van der Waals surface area contributed by atoms with E-state index in [1.807, 2.05) is 36.4 Å². The van der Waals surface area contributed by atoms with E-state index in [2.05, 4.69) is 24.3 Å². The summed E-state index contributed by atoms with van der Waals surface area (Å²) in [7, 11) is 0. The second-order valence-corrected chi connectivity index (χ2v) is 11.3. The van der Waals surface area contributed by atoms with Gasteiger partial charge in [-0.2, -0.15) is 0 Å². The number of rotatable bonds is 6. The van der Waals surface area contributed by atoms with Crippen molar-refractivity contribution in [2.75, 3.05) is 0 Å². The molecule has 0 bridgehead atoms. The maximum absolute atomic E-state index is 6.39. The fourth-order valence-electron chi connectivity index (χ4n) is 3.51. The Bertz CT molecular complexity index is 1410. The van der Waals surface area contributed by atoms with Crippen LogP contribution in [-0.4, -0.2) is 9.97 Å². The van der Waals surface area contributed by atoms with Crippen molar-refractivity contribution in [3.8, 4) is 0 Å². The first-order valence-electron chi connectivity index (χ1n) is 10.3. The largest absolute Gasteiger partial charge is 0.248 e. The van der Waals surface area contributed by atoms with Crippen LogP contribution in [0.5, 0.6) is 0 Å². The minimum atomic E-state index is 0.606. The van der Waals surface area contributed by atoms with Gasteiger partial charge in [0.15, 0.2) is 0 Å². The number of aromatic nitrogens is 2. The van der Waals surface area contributed by atoms with Crippen LogP contribution in [0.15, 0.2) is 82.6 Å². The molecule has 0 aliphatic rings. The highest BCUT2D eigenvalue weighted by Crippen LogP contribution is 2.36. The van der Waals surface area contributed by atoms with Gasteiger partial charge >= 0.3 is 0 Å². The molecule has 0 spiro atoms. The fourth-order valence-corrected chi connectivity index (χ4v) is 6.43. The standard InChI is InChI=1S/C26H16Cl4N2S2/c27-17-5-7-19(29)25(11-17)33-13-23-24(14-34-26-12-18(28)6-8-20(26)30)32-22-10-16-4-2-1-3-15(16)9-21(22)31-23/h1-12H,13-14H2. The molecule has 0 atom stereocenters. The van der Waals surface area contributed by atoms with Crippen molar-refractivity contribution in [2.45, 2.75) is 21.3 Å². The zero-order valence-corrected chi connectivity index (χ0v) is 22.2. The van der Waals surface area contributed by atoms with E-state index in [0.29, 0.717) is 31.6 Å². The molecule has 0 fully saturated rings. The lowest BCUT2D eigenvalue weighted by Gasteiger charge is -2.12. The second-order valence-electron chi connectivity index (χ2n) is 7.53. The van der Waals surface area contributed by atoms with Crippen molar-refractivity contribution < 1.29 is 0 Å². The van der Waals surface area contributed by atoms with E-state index in [-0.39, 0.29) is 0 Å². The van der Waals surface area contributed by atoms with Crippen molar-refractivity contribution in [1.29, 1.82) is 0 Å². The third-order valence-electron chi connectivity index (χ3n) is 5.20. The van der Waals surface area contributed by atoms with E-state index >= 15 is 0 Å². The highest BCUT2D eigenvalue weighted by Gasteiger charge is 2.14. The van der Waals surface area contributed by atoms with E-state index in [1.54, 1.807) is 35.7 Å². The average molecular weight is 562 g/mol. The molecule has 0 aliphatic heterocycles. The predicted octanol–water partition coefficient (Wildman–Crippen LogP) is 9.98. The molecule has 0 aliphatic carbocycles. The Labute approximate surface area is 226 Å². The van der Waals surface area contributed by atoms with Gasteiger partial charge in [0.25, 0.3) is 0 Å². The van der Waals surface area contributed by atoms with Crippen LogP contribution < -0.4 is 0 Å². The quantitative estimate of drug-likeness (QED) is 0.152. The molecule has 0 saturated heterocycles. The lowest BCUT2D eigenvalue weighted by atomic mass is 10.1. The maximum Gasteiger partial charge on any atom is 0.0897 e. The zero-order chi connectivity index (χ0) is 23.7. The lowest BCUT2D eigenvalue weighted by Crippen LogP contribution is -2.01. The summed E-state index contributed by atoms with van der Waals surface area (Å²) in [4.78, 5) is 11.8. The van der Waals surface area contributed by atoms with Gasteiger partial charge in [0, 0.05) is 31.3 Å². The fraction of sp³-hybridized carbons (Fsp3) is 0.0769. The molecule has 1 aromatic heterocycles. The first-order chi connectivity index (χ1) is 16.5. The third kappa shape index (κ3) is 5.43. The van der Waals surface area contributed by atoms with Crippen LogP contribution in [0.1, 0.15) is 11.4 Å². The zero-order valence-electron chi connectivity index (χ0n) is 17.6. The Hall–Kier alpha value is -1.66. The summed E-state index contributed by atoms with van der Waals surface area (Å²) in [5, 5.41) is 4.89. The van der Waals surface area contributed by atoms with Crippen LogP contribution in [0.25, 0.3) is 21.8 Å². The van der Waals surface area contributed by atoms with Gasteiger partial charge in [-0.1, -0.05) is 70.7 Å².